The van der Waals surface area contributed by atoms with E-state index < -0.39 is 21.6 Å². The molecule has 0 unspecified atom stereocenters. The van der Waals surface area contributed by atoms with Gasteiger partial charge in [-0.2, -0.15) is 13.2 Å². The maximum atomic E-state index is 13.4. The van der Waals surface area contributed by atoms with E-state index in [0.29, 0.717) is 12.3 Å². The fourth-order valence-electron chi connectivity index (χ4n) is 2.99. The first-order valence-corrected chi connectivity index (χ1v) is 10.9. The van der Waals surface area contributed by atoms with Crippen LogP contribution in [0.3, 0.4) is 0 Å². The molecule has 0 spiro atoms. The van der Waals surface area contributed by atoms with E-state index in [1.165, 1.54) is 38.5 Å². The Kier molecular flexibility index (Phi) is 6.32. The molecule has 12 heteroatoms. The highest BCUT2D eigenvalue weighted by atomic mass is 32.2. The third-order valence-corrected chi connectivity index (χ3v) is 5.54. The Morgan fingerprint density at radius 1 is 1.16 bits per heavy atom. The van der Waals surface area contributed by atoms with Crippen molar-refractivity contribution < 1.29 is 31.1 Å². The van der Waals surface area contributed by atoms with Gasteiger partial charge < -0.3 is 25.1 Å². The zero-order chi connectivity index (χ0) is 22.8. The molecule has 3 aromatic rings. The van der Waals surface area contributed by atoms with Crippen LogP contribution in [0.1, 0.15) is 5.56 Å². The van der Waals surface area contributed by atoms with E-state index in [1.54, 1.807) is 0 Å². The Bertz CT molecular complexity index is 1190. The van der Waals surface area contributed by atoms with Crippen LogP contribution in [0.25, 0.3) is 11.0 Å². The van der Waals surface area contributed by atoms with Gasteiger partial charge in [-0.3, -0.25) is 0 Å². The number of rotatable bonds is 8. The lowest BCUT2D eigenvalue weighted by molar-refractivity contribution is -0.136. The number of nitrogens with one attached hydrogen (secondary N) is 3. The molecule has 0 amide bonds. The fraction of sp³-hybridized carbons (Fsp3) is 0.316. The number of hydrogen-bond donors (Lipinski definition) is 3. The molecule has 0 radical (unpaired) electrons. The molecule has 0 saturated carbocycles. The van der Waals surface area contributed by atoms with Crippen molar-refractivity contribution in [3.8, 4) is 5.75 Å². The Balaban J connectivity index is 2.05. The lowest BCUT2D eigenvalue weighted by Crippen LogP contribution is -2.10. The largest absolute Gasteiger partial charge is 0.495 e. The van der Waals surface area contributed by atoms with Crippen molar-refractivity contribution in [1.29, 1.82) is 0 Å². The first kappa shape index (κ1) is 22.7. The van der Waals surface area contributed by atoms with Crippen LogP contribution in [0.5, 0.6) is 5.75 Å². The molecule has 0 fully saturated rings. The first-order chi connectivity index (χ1) is 14.5. The highest BCUT2D eigenvalue weighted by Gasteiger charge is 2.35. The third kappa shape index (κ3) is 5.02. The quantitative estimate of drug-likeness (QED) is 0.441. The molecule has 0 bridgehead atoms. The molecule has 3 N–H and O–H groups in total. The van der Waals surface area contributed by atoms with Gasteiger partial charge >= 0.3 is 6.18 Å². The van der Waals surface area contributed by atoms with E-state index in [9.17, 15) is 21.6 Å². The number of hydrogen-bond acceptors (Lipinski definition) is 7. The molecule has 168 valence electrons. The molecule has 2 aromatic heterocycles. The van der Waals surface area contributed by atoms with Gasteiger partial charge in [0, 0.05) is 43.9 Å². The topological polar surface area (TPSA) is 105 Å². The van der Waals surface area contributed by atoms with Crippen molar-refractivity contribution >= 4 is 38.1 Å². The van der Waals surface area contributed by atoms with E-state index in [-0.39, 0.29) is 39.7 Å². The summed E-state index contributed by atoms with van der Waals surface area (Å²) in [6.07, 6.45) is -2.62. The number of nitrogens with zero attached hydrogens (tertiary/aromatic N) is 1. The zero-order valence-electron chi connectivity index (χ0n) is 16.9. The predicted molar refractivity (Wildman–Crippen MR) is 111 cm³/mol. The van der Waals surface area contributed by atoms with Crippen molar-refractivity contribution in [1.82, 2.24) is 9.97 Å². The van der Waals surface area contributed by atoms with E-state index in [2.05, 4.69) is 20.6 Å². The first-order valence-electron chi connectivity index (χ1n) is 9.02. The van der Waals surface area contributed by atoms with Gasteiger partial charge in [-0.1, -0.05) is 0 Å². The van der Waals surface area contributed by atoms with Crippen LogP contribution in [0.2, 0.25) is 0 Å². The number of fused-ring (bicyclic) bond motifs is 1. The van der Waals surface area contributed by atoms with Crippen LogP contribution < -0.4 is 15.4 Å². The normalized spacial score (nSPS) is 12.2. The summed E-state index contributed by atoms with van der Waals surface area (Å²) in [7, 11) is -0.578. The molecule has 31 heavy (non-hydrogen) atoms. The Morgan fingerprint density at radius 3 is 2.52 bits per heavy atom. The number of anilines is 3. The molecular weight excluding hydrogens is 437 g/mol. The smallest absolute Gasteiger partial charge is 0.418 e. The van der Waals surface area contributed by atoms with Gasteiger partial charge in [0.25, 0.3) is 0 Å². The summed E-state index contributed by atoms with van der Waals surface area (Å²) in [5, 5.41) is 5.82. The van der Waals surface area contributed by atoms with Gasteiger partial charge in [0.15, 0.2) is 9.84 Å². The summed E-state index contributed by atoms with van der Waals surface area (Å²) in [5.74, 6) is 0.467. The number of aromatic amines is 1. The van der Waals surface area contributed by atoms with Gasteiger partial charge in [-0.15, -0.1) is 0 Å². The van der Waals surface area contributed by atoms with Gasteiger partial charge in [0.2, 0.25) is 0 Å². The van der Waals surface area contributed by atoms with Crippen LogP contribution in [0.4, 0.5) is 30.4 Å². The summed E-state index contributed by atoms with van der Waals surface area (Å²) in [5.41, 5.74) is -0.197. The van der Waals surface area contributed by atoms with Crippen LogP contribution in [-0.4, -0.2) is 52.0 Å². The minimum Gasteiger partial charge on any atom is -0.495 e. The third-order valence-electron chi connectivity index (χ3n) is 4.43. The molecule has 0 aliphatic rings. The molecule has 3 rings (SSSR count). The van der Waals surface area contributed by atoms with E-state index in [4.69, 9.17) is 9.47 Å². The Morgan fingerprint density at radius 2 is 1.90 bits per heavy atom. The van der Waals surface area contributed by atoms with E-state index >= 15 is 0 Å². The number of H-pyrrole nitrogens is 1. The molecule has 0 aliphatic carbocycles. The van der Waals surface area contributed by atoms with Crippen molar-refractivity contribution in [2.45, 2.75) is 11.1 Å². The number of alkyl halides is 3. The average molecular weight is 458 g/mol. The molecule has 0 saturated heterocycles. The maximum absolute atomic E-state index is 13.4. The van der Waals surface area contributed by atoms with Crippen molar-refractivity contribution in [3.63, 3.8) is 0 Å². The SMILES string of the molecule is COCCNc1cc(Nc2ccc(S(C)(=O)=O)cc2OC)nc2[nH]cc(C(F)(F)F)c12. The van der Waals surface area contributed by atoms with Gasteiger partial charge in [-0.05, 0) is 12.1 Å². The molecular formula is C19H21F3N4O4S. The standard InChI is InChI=1S/C19H21F3N4O4S/c1-29-7-6-23-14-9-16(26-18-17(14)12(10-24-18)19(20,21)22)25-13-5-4-11(31(3,27)28)8-15(13)30-2/h4-5,8-10H,6-7H2,1-3H3,(H3,23,24,25,26). The predicted octanol–water partition coefficient (Wildman–Crippen LogP) is 3.80. The van der Waals surface area contributed by atoms with Crippen LogP contribution in [0, 0.1) is 0 Å². The summed E-state index contributed by atoms with van der Waals surface area (Å²) >= 11 is 0. The van der Waals surface area contributed by atoms with Crippen molar-refractivity contribution in [2.24, 2.45) is 0 Å². The average Bonchev–Trinajstić information content (AvgIpc) is 3.12. The maximum Gasteiger partial charge on any atom is 0.418 e. The lowest BCUT2D eigenvalue weighted by atomic mass is 10.1. The second-order valence-electron chi connectivity index (χ2n) is 6.66. The highest BCUT2D eigenvalue weighted by Crippen LogP contribution is 2.39. The molecule has 2 heterocycles. The van der Waals surface area contributed by atoms with E-state index in [1.807, 2.05) is 0 Å². The number of aromatic nitrogens is 2. The Labute approximate surface area is 176 Å². The number of ether oxygens (including phenoxy) is 2. The Hall–Kier alpha value is -2.99. The number of benzene rings is 1. The molecule has 0 atom stereocenters. The summed E-state index contributed by atoms with van der Waals surface area (Å²) in [4.78, 5) is 6.85. The monoisotopic (exact) mass is 458 g/mol. The number of methoxy groups -OCH3 is 2. The fourth-order valence-corrected chi connectivity index (χ4v) is 3.63. The van der Waals surface area contributed by atoms with E-state index in [0.717, 1.165) is 12.5 Å². The van der Waals surface area contributed by atoms with Gasteiger partial charge in [0.1, 0.15) is 17.2 Å². The number of halogens is 3. The summed E-state index contributed by atoms with van der Waals surface area (Å²) in [6.45, 7) is 0.572. The molecule has 1 aromatic carbocycles. The minimum atomic E-state index is -4.56. The molecule has 0 aliphatic heterocycles. The van der Waals surface area contributed by atoms with Crippen molar-refractivity contribution in [2.75, 3.05) is 44.3 Å². The van der Waals surface area contributed by atoms with Gasteiger partial charge in [0.05, 0.1) is 35.2 Å². The van der Waals surface area contributed by atoms with Gasteiger partial charge in [-0.25, -0.2) is 13.4 Å². The van der Waals surface area contributed by atoms with Crippen LogP contribution in [-0.2, 0) is 20.8 Å². The minimum absolute atomic E-state index is 0.0314. The van der Waals surface area contributed by atoms with Crippen LogP contribution >= 0.6 is 0 Å². The van der Waals surface area contributed by atoms with Crippen LogP contribution in [0.15, 0.2) is 35.4 Å². The second-order valence-corrected chi connectivity index (χ2v) is 8.67. The molecule has 8 nitrogen and oxygen atoms in total. The van der Waals surface area contributed by atoms with Crippen molar-refractivity contribution in [3.05, 3.63) is 36.0 Å². The number of sulfone groups is 1. The zero-order valence-corrected chi connectivity index (χ0v) is 17.7. The summed E-state index contributed by atoms with van der Waals surface area (Å²) in [6, 6.07) is 5.68. The highest BCUT2D eigenvalue weighted by molar-refractivity contribution is 7.90. The summed E-state index contributed by atoms with van der Waals surface area (Å²) < 4.78 is 74.0. The lowest BCUT2D eigenvalue weighted by Gasteiger charge is -2.15. The number of pyridine rings is 1. The second kappa shape index (κ2) is 8.63.